The molecule has 1 aliphatic heterocycles. The number of aromatic nitrogens is 2. The second-order valence-corrected chi connectivity index (χ2v) is 9.97. The van der Waals surface area contributed by atoms with Crippen LogP contribution in [0.5, 0.6) is 0 Å². The van der Waals surface area contributed by atoms with Crippen LogP contribution < -0.4 is 4.90 Å². The fraction of sp³-hybridized carbons (Fsp3) is 0.464. The van der Waals surface area contributed by atoms with Crippen LogP contribution >= 0.6 is 11.6 Å². The summed E-state index contributed by atoms with van der Waals surface area (Å²) in [6.07, 6.45) is 3.51. The minimum Gasteiger partial charge on any atom is -0.354 e. The van der Waals surface area contributed by atoms with E-state index in [0.29, 0.717) is 6.04 Å². The summed E-state index contributed by atoms with van der Waals surface area (Å²) >= 11 is 6.15. The second-order valence-electron chi connectivity index (χ2n) is 9.53. The molecule has 0 amide bonds. The predicted octanol–water partition coefficient (Wildman–Crippen LogP) is 5.39. The lowest BCUT2D eigenvalue weighted by Gasteiger charge is -2.36. The van der Waals surface area contributed by atoms with Gasteiger partial charge in [-0.3, -0.25) is 4.90 Å². The van der Waals surface area contributed by atoms with E-state index in [1.807, 2.05) is 12.1 Å². The van der Waals surface area contributed by atoms with E-state index < -0.39 is 0 Å². The zero-order valence-electron chi connectivity index (χ0n) is 20.5. The van der Waals surface area contributed by atoms with Crippen LogP contribution in [-0.4, -0.2) is 58.3 Å². The Morgan fingerprint density at radius 1 is 0.912 bits per heavy atom. The lowest BCUT2D eigenvalue weighted by molar-refractivity contribution is 0.244. The van der Waals surface area contributed by atoms with Gasteiger partial charge in [0.2, 0.25) is 0 Å². The number of anilines is 1. The highest BCUT2D eigenvalue weighted by Gasteiger charge is 2.33. The van der Waals surface area contributed by atoms with E-state index in [4.69, 9.17) is 16.7 Å². The van der Waals surface area contributed by atoms with Crippen LogP contribution in [0.25, 0.3) is 5.69 Å². The van der Waals surface area contributed by atoms with Gasteiger partial charge in [0.05, 0.1) is 11.4 Å². The van der Waals surface area contributed by atoms with Crippen molar-refractivity contribution in [3.8, 4) is 5.69 Å². The first-order chi connectivity index (χ1) is 16.7. The highest BCUT2D eigenvalue weighted by Crippen LogP contribution is 2.35. The molecule has 3 aromatic rings. The van der Waals surface area contributed by atoms with Crippen LogP contribution in [-0.2, 0) is 19.5 Å². The highest BCUT2D eigenvalue weighted by molar-refractivity contribution is 6.30. The fourth-order valence-corrected chi connectivity index (χ4v) is 5.19. The molecule has 0 atom stereocenters. The summed E-state index contributed by atoms with van der Waals surface area (Å²) in [5.41, 5.74) is 5.09. The number of hydrogen-bond donors (Lipinski definition) is 0. The minimum atomic E-state index is 0.658. The van der Waals surface area contributed by atoms with Crippen LogP contribution in [0.15, 0.2) is 54.6 Å². The van der Waals surface area contributed by atoms with Crippen molar-refractivity contribution in [1.82, 2.24) is 19.6 Å². The molecule has 2 aliphatic rings. The van der Waals surface area contributed by atoms with Crippen molar-refractivity contribution >= 4 is 17.4 Å². The lowest BCUT2D eigenvalue weighted by atomic mass is 10.1. The maximum atomic E-state index is 6.15. The number of piperazine rings is 1. The molecule has 5 nitrogen and oxygen atoms in total. The molecule has 1 saturated carbocycles. The molecular weight excluding hydrogens is 442 g/mol. The van der Waals surface area contributed by atoms with E-state index in [1.165, 1.54) is 35.5 Å². The Morgan fingerprint density at radius 3 is 2.24 bits per heavy atom. The number of benzene rings is 2. The SMILES string of the molecule is CCc1nn(-c2ccccc2)c(N2CCN(CC)CC2)c1CN(Cc1ccc(Cl)cc1)C1CC1. The molecule has 1 aromatic heterocycles. The van der Waals surface area contributed by atoms with E-state index in [-0.39, 0.29) is 0 Å². The minimum absolute atomic E-state index is 0.658. The van der Waals surface area contributed by atoms with Crippen molar-refractivity contribution in [2.45, 2.75) is 52.2 Å². The standard InChI is InChI=1S/C28H36ClN5/c1-3-27-26(21-33(24-14-15-24)20-22-10-12-23(29)13-11-22)28(32-18-16-31(4-2)17-19-32)34(30-27)25-8-6-5-7-9-25/h5-13,24H,3-4,14-21H2,1-2H3. The van der Waals surface area contributed by atoms with Gasteiger partial charge in [0, 0.05) is 55.9 Å². The molecule has 2 aromatic carbocycles. The molecule has 5 rings (SSSR count). The van der Waals surface area contributed by atoms with Gasteiger partial charge < -0.3 is 9.80 Å². The number of likely N-dealkylation sites (N-methyl/N-ethyl adjacent to an activating group) is 1. The molecular formula is C28H36ClN5. The average molecular weight is 478 g/mol. The van der Waals surface area contributed by atoms with E-state index in [0.717, 1.165) is 62.9 Å². The third-order valence-corrected chi connectivity index (χ3v) is 7.47. The maximum Gasteiger partial charge on any atom is 0.137 e. The smallest absolute Gasteiger partial charge is 0.137 e. The zero-order valence-corrected chi connectivity index (χ0v) is 21.2. The molecule has 2 heterocycles. The molecule has 1 aliphatic carbocycles. The summed E-state index contributed by atoms with van der Waals surface area (Å²) < 4.78 is 2.21. The first-order valence-corrected chi connectivity index (χ1v) is 13.2. The van der Waals surface area contributed by atoms with Crippen LogP contribution in [0.3, 0.4) is 0 Å². The number of rotatable bonds is 9. The van der Waals surface area contributed by atoms with Gasteiger partial charge in [0.15, 0.2) is 0 Å². The molecule has 34 heavy (non-hydrogen) atoms. The van der Waals surface area contributed by atoms with Gasteiger partial charge >= 0.3 is 0 Å². The number of para-hydroxylation sites is 1. The van der Waals surface area contributed by atoms with E-state index >= 15 is 0 Å². The largest absolute Gasteiger partial charge is 0.354 e. The summed E-state index contributed by atoms with van der Waals surface area (Å²) in [5, 5.41) is 5.98. The Morgan fingerprint density at radius 2 is 1.62 bits per heavy atom. The number of hydrogen-bond acceptors (Lipinski definition) is 4. The number of nitrogens with zero attached hydrogens (tertiary/aromatic N) is 5. The summed E-state index contributed by atoms with van der Waals surface area (Å²) in [7, 11) is 0. The predicted molar refractivity (Wildman–Crippen MR) is 141 cm³/mol. The van der Waals surface area contributed by atoms with Crippen molar-refractivity contribution < 1.29 is 0 Å². The van der Waals surface area contributed by atoms with Crippen LogP contribution in [0, 0.1) is 0 Å². The highest BCUT2D eigenvalue weighted by atomic mass is 35.5. The molecule has 2 fully saturated rings. The van der Waals surface area contributed by atoms with Crippen molar-refractivity contribution in [1.29, 1.82) is 0 Å². The molecule has 180 valence electrons. The van der Waals surface area contributed by atoms with Gasteiger partial charge in [-0.05, 0) is 55.6 Å². The van der Waals surface area contributed by atoms with Gasteiger partial charge in [-0.2, -0.15) is 5.10 Å². The Labute approximate surface area is 208 Å². The van der Waals surface area contributed by atoms with Crippen molar-refractivity contribution in [3.63, 3.8) is 0 Å². The van der Waals surface area contributed by atoms with Gasteiger partial charge in [0.25, 0.3) is 0 Å². The van der Waals surface area contributed by atoms with Gasteiger partial charge in [0.1, 0.15) is 5.82 Å². The average Bonchev–Trinajstić information content (AvgIpc) is 3.67. The van der Waals surface area contributed by atoms with Gasteiger partial charge in [-0.25, -0.2) is 4.68 Å². The van der Waals surface area contributed by atoms with Gasteiger partial charge in [-0.1, -0.05) is 55.8 Å². The summed E-state index contributed by atoms with van der Waals surface area (Å²) in [4.78, 5) is 7.77. The van der Waals surface area contributed by atoms with E-state index in [1.54, 1.807) is 0 Å². The van der Waals surface area contributed by atoms with Crippen LogP contribution in [0.2, 0.25) is 5.02 Å². The van der Waals surface area contributed by atoms with Crippen molar-refractivity contribution in [3.05, 3.63) is 76.4 Å². The summed E-state index contributed by atoms with van der Waals surface area (Å²) in [6, 6.07) is 19.6. The molecule has 0 N–H and O–H groups in total. The fourth-order valence-electron chi connectivity index (χ4n) is 5.06. The zero-order chi connectivity index (χ0) is 23.5. The quantitative estimate of drug-likeness (QED) is 0.412. The normalized spacial score (nSPS) is 17.0. The third-order valence-electron chi connectivity index (χ3n) is 7.22. The molecule has 0 spiro atoms. The van der Waals surface area contributed by atoms with E-state index in [2.05, 4.69) is 75.7 Å². The van der Waals surface area contributed by atoms with Crippen LogP contribution in [0.4, 0.5) is 5.82 Å². The number of halogens is 1. The van der Waals surface area contributed by atoms with E-state index in [9.17, 15) is 0 Å². The molecule has 0 radical (unpaired) electrons. The topological polar surface area (TPSA) is 27.5 Å². The first kappa shape index (κ1) is 23.4. The summed E-state index contributed by atoms with van der Waals surface area (Å²) in [5.74, 6) is 1.29. The molecule has 0 bridgehead atoms. The second kappa shape index (κ2) is 10.5. The number of aryl methyl sites for hydroxylation is 1. The monoisotopic (exact) mass is 477 g/mol. The van der Waals surface area contributed by atoms with Gasteiger partial charge in [-0.15, -0.1) is 0 Å². The Balaban J connectivity index is 1.50. The molecule has 6 heteroatoms. The maximum absolute atomic E-state index is 6.15. The third kappa shape index (κ3) is 5.17. The lowest BCUT2D eigenvalue weighted by Crippen LogP contribution is -2.47. The molecule has 1 saturated heterocycles. The van der Waals surface area contributed by atoms with Crippen molar-refractivity contribution in [2.75, 3.05) is 37.6 Å². The van der Waals surface area contributed by atoms with Crippen LogP contribution in [0.1, 0.15) is 43.5 Å². The Kier molecular flexibility index (Phi) is 7.23. The van der Waals surface area contributed by atoms with Crippen molar-refractivity contribution in [2.24, 2.45) is 0 Å². The first-order valence-electron chi connectivity index (χ1n) is 12.8. The Hall–Kier alpha value is -2.34. The Bertz CT molecular complexity index is 1070. The summed E-state index contributed by atoms with van der Waals surface area (Å²) in [6.45, 7) is 11.8. The molecule has 0 unspecified atom stereocenters.